The molecule has 4 rings (SSSR count). The third kappa shape index (κ3) is 11.3. The van der Waals surface area contributed by atoms with Crippen molar-refractivity contribution in [1.29, 1.82) is 0 Å². The second-order valence-electron chi connectivity index (χ2n) is 18.0. The van der Waals surface area contributed by atoms with E-state index in [2.05, 4.69) is 13.5 Å². The lowest BCUT2D eigenvalue weighted by atomic mass is 9.65. The second-order valence-corrected chi connectivity index (χ2v) is 18.0. The molecule has 0 aromatic carbocycles. The normalized spacial score (nSPS) is 41.0. The van der Waals surface area contributed by atoms with E-state index in [-0.39, 0.29) is 62.1 Å². The molecule has 2 aliphatic heterocycles. The first-order valence-electron chi connectivity index (χ1n) is 21.3. The molecule has 1 amide bonds. The van der Waals surface area contributed by atoms with Crippen molar-refractivity contribution in [2.24, 2.45) is 41.4 Å². The van der Waals surface area contributed by atoms with Crippen LogP contribution in [0, 0.1) is 41.4 Å². The van der Waals surface area contributed by atoms with Gasteiger partial charge in [0.05, 0.1) is 24.4 Å². The van der Waals surface area contributed by atoms with Crippen molar-refractivity contribution in [3.05, 3.63) is 36.0 Å². The summed E-state index contributed by atoms with van der Waals surface area (Å²) in [5, 5.41) is 44.2. The van der Waals surface area contributed by atoms with Gasteiger partial charge in [-0.15, -0.1) is 6.58 Å². The van der Waals surface area contributed by atoms with Crippen molar-refractivity contribution in [1.82, 2.24) is 4.90 Å². The third-order valence-corrected chi connectivity index (χ3v) is 13.7. The zero-order valence-electron chi connectivity index (χ0n) is 35.4. The van der Waals surface area contributed by atoms with E-state index in [4.69, 9.17) is 14.2 Å². The van der Waals surface area contributed by atoms with Crippen LogP contribution in [0.3, 0.4) is 0 Å². The van der Waals surface area contributed by atoms with Crippen molar-refractivity contribution in [2.45, 2.75) is 154 Å². The molecule has 2 heterocycles. The number of carbonyl (C=O) groups excluding carboxylic acids is 4. The fraction of sp³-hybridized carbons (Fsp3) is 0.778. The zero-order chi connectivity index (χ0) is 42.2. The van der Waals surface area contributed by atoms with E-state index in [1.54, 1.807) is 34.1 Å². The predicted octanol–water partition coefficient (Wildman–Crippen LogP) is 4.90. The van der Waals surface area contributed by atoms with Crippen molar-refractivity contribution < 1.29 is 53.8 Å². The van der Waals surface area contributed by atoms with Crippen LogP contribution >= 0.6 is 0 Å². The number of ketones is 2. The molecular weight excluding hydrogens is 730 g/mol. The highest BCUT2D eigenvalue weighted by molar-refractivity contribution is 6.39. The molecule has 0 unspecified atom stereocenters. The molecule has 3 fully saturated rings. The van der Waals surface area contributed by atoms with Crippen LogP contribution in [0.15, 0.2) is 36.0 Å². The van der Waals surface area contributed by atoms with Gasteiger partial charge in [-0.2, -0.15) is 0 Å². The number of amides is 1. The van der Waals surface area contributed by atoms with E-state index >= 15 is 0 Å². The molecule has 2 bridgehead atoms. The van der Waals surface area contributed by atoms with Gasteiger partial charge < -0.3 is 39.5 Å². The van der Waals surface area contributed by atoms with Crippen LogP contribution < -0.4 is 0 Å². The fourth-order valence-corrected chi connectivity index (χ4v) is 10.1. The molecule has 4 N–H and O–H groups in total. The number of carbonyl (C=O) groups is 4. The number of esters is 1. The Balaban J connectivity index is 1.78. The predicted molar refractivity (Wildman–Crippen MR) is 216 cm³/mol. The number of cyclic esters (lactones) is 1. The van der Waals surface area contributed by atoms with Crippen LogP contribution in [0.5, 0.6) is 0 Å². The number of allylic oxidation sites excluding steroid dienone is 4. The van der Waals surface area contributed by atoms with E-state index < -0.39 is 77.4 Å². The number of ether oxygens (including phenoxy) is 3. The van der Waals surface area contributed by atoms with Crippen LogP contribution in [0.4, 0.5) is 0 Å². The number of hydrogen-bond acceptors (Lipinski definition) is 11. The molecule has 12 nitrogen and oxygen atoms in total. The molecule has 0 aromatic rings. The van der Waals surface area contributed by atoms with E-state index in [0.717, 1.165) is 5.57 Å². The molecular formula is C45H71NO11. The molecule has 4 aliphatic rings. The summed E-state index contributed by atoms with van der Waals surface area (Å²) >= 11 is 0. The van der Waals surface area contributed by atoms with E-state index in [1.165, 1.54) is 4.90 Å². The molecule has 14 atom stereocenters. The Morgan fingerprint density at radius 2 is 1.67 bits per heavy atom. The smallest absolute Gasteiger partial charge is 0.329 e. The average molecular weight is 802 g/mol. The summed E-state index contributed by atoms with van der Waals surface area (Å²) in [5.41, 5.74) is -0.381. The van der Waals surface area contributed by atoms with Crippen LogP contribution in [0.2, 0.25) is 0 Å². The number of methoxy groups -OCH3 is 2. The number of piperidine rings is 1. The van der Waals surface area contributed by atoms with Gasteiger partial charge in [-0.25, -0.2) is 4.79 Å². The molecule has 2 saturated carbocycles. The van der Waals surface area contributed by atoms with Crippen LogP contribution in [0.1, 0.15) is 112 Å². The van der Waals surface area contributed by atoms with Gasteiger partial charge in [0.1, 0.15) is 23.5 Å². The Hall–Kier alpha value is -2.74. The standard InChI is InChI=1S/C45H71NO11/c1-9-12-32-18-26(2)17-27(3)19-39(55-7)34-24-45(54,29(5)21-40(34)56-8)42(51)43(52)46-16-11-10-13-35(46)44(53)57-41(30(6)37(49)23-38(32)50)28(4)20-31-14-15-36(48)33(22-31)25-47/h9,18,20,27,29-37,39-41,47-49,54H,1,10-17,19,21-25H2,2-8H3/b26-18+,28-20+/t27-,29+,30+,31-,32+,33-,34+,35-,36+,37-,39-,40-,41+,45-/m0/s1. The highest BCUT2D eigenvalue weighted by atomic mass is 16.5. The van der Waals surface area contributed by atoms with Gasteiger partial charge in [-0.1, -0.05) is 44.6 Å². The minimum absolute atomic E-state index is 0.0318. The largest absolute Gasteiger partial charge is 0.456 e. The van der Waals surface area contributed by atoms with Gasteiger partial charge in [-0.3, -0.25) is 14.4 Å². The maximum Gasteiger partial charge on any atom is 0.329 e. The number of aliphatic hydroxyl groups is 4. The lowest BCUT2D eigenvalue weighted by Gasteiger charge is -2.47. The van der Waals surface area contributed by atoms with Gasteiger partial charge in [0, 0.05) is 57.5 Å². The van der Waals surface area contributed by atoms with Gasteiger partial charge in [-0.05, 0) is 108 Å². The van der Waals surface area contributed by atoms with Gasteiger partial charge >= 0.3 is 5.97 Å². The number of fused-ring (bicyclic) bond motifs is 3. The Bertz CT molecular complexity index is 1480. The Morgan fingerprint density at radius 1 is 0.982 bits per heavy atom. The first-order valence-corrected chi connectivity index (χ1v) is 21.3. The maximum absolute atomic E-state index is 14.3. The highest BCUT2D eigenvalue weighted by Gasteiger charge is 2.55. The summed E-state index contributed by atoms with van der Waals surface area (Å²) in [5.74, 6) is -5.30. The molecule has 322 valence electrons. The van der Waals surface area contributed by atoms with Crippen LogP contribution in [-0.2, 0) is 33.4 Å². The third-order valence-electron chi connectivity index (χ3n) is 13.7. The molecule has 12 heteroatoms. The Labute approximate surface area is 340 Å². The number of nitrogens with zero attached hydrogens (tertiary/aromatic N) is 1. The van der Waals surface area contributed by atoms with E-state index in [1.807, 2.05) is 26.0 Å². The lowest BCUT2D eigenvalue weighted by molar-refractivity contribution is -0.178. The minimum Gasteiger partial charge on any atom is -0.456 e. The monoisotopic (exact) mass is 802 g/mol. The van der Waals surface area contributed by atoms with Crippen LogP contribution in [-0.4, -0.2) is 118 Å². The number of aliphatic hydroxyl groups excluding tert-OH is 3. The summed E-state index contributed by atoms with van der Waals surface area (Å²) < 4.78 is 18.2. The van der Waals surface area contributed by atoms with E-state index in [9.17, 15) is 39.6 Å². The molecule has 0 radical (unpaired) electrons. The lowest BCUT2D eigenvalue weighted by Crippen LogP contribution is -2.61. The molecule has 0 spiro atoms. The van der Waals surface area contributed by atoms with E-state index in [0.29, 0.717) is 63.4 Å². The summed E-state index contributed by atoms with van der Waals surface area (Å²) in [7, 11) is 3.20. The van der Waals surface area contributed by atoms with Crippen molar-refractivity contribution in [2.75, 3.05) is 27.4 Å². The zero-order valence-corrected chi connectivity index (χ0v) is 35.4. The highest BCUT2D eigenvalue weighted by Crippen LogP contribution is 2.43. The van der Waals surface area contributed by atoms with Gasteiger partial charge in [0.25, 0.3) is 11.7 Å². The van der Waals surface area contributed by atoms with Crippen molar-refractivity contribution >= 4 is 23.4 Å². The quantitative estimate of drug-likeness (QED) is 0.156. The second kappa shape index (κ2) is 21.0. The number of rotatable bonds is 7. The summed E-state index contributed by atoms with van der Waals surface area (Å²) in [6, 6.07) is -1.10. The van der Waals surface area contributed by atoms with Crippen molar-refractivity contribution in [3.8, 4) is 0 Å². The SMILES string of the molecule is C=CC[C@@H]1/C=C(\C)C[C@H](C)C[C@H](OC)[C@H]2C[C@@](O)(C(=O)C(=O)N3CCCC[C@H]3C(=O)O[C@H](/C(C)=C/[C@@H]3CC[C@@H](O)[C@H](CO)C3)[C@H](C)[C@@H](O)CC1=O)[C@H](C)C[C@@H]2OC. The summed E-state index contributed by atoms with van der Waals surface area (Å²) in [6.07, 6.45) is 6.90. The molecule has 2 aliphatic carbocycles. The average Bonchev–Trinajstić information content (AvgIpc) is 3.18. The Morgan fingerprint density at radius 3 is 2.32 bits per heavy atom. The first-order chi connectivity index (χ1) is 27.0. The molecule has 0 aromatic heterocycles. The molecule has 1 saturated heterocycles. The Kier molecular flexibility index (Phi) is 17.3. The first kappa shape index (κ1) is 46.9. The summed E-state index contributed by atoms with van der Waals surface area (Å²) in [6.45, 7) is 13.2. The van der Waals surface area contributed by atoms with Gasteiger partial charge in [0.2, 0.25) is 0 Å². The minimum atomic E-state index is -2.02. The summed E-state index contributed by atoms with van der Waals surface area (Å²) in [4.78, 5) is 58.1. The maximum atomic E-state index is 14.3. The number of Topliss-reactive ketones (excluding diaryl/α,β-unsaturated/α-hetero) is 2. The van der Waals surface area contributed by atoms with Gasteiger partial charge in [0.15, 0.2) is 0 Å². The fourth-order valence-electron chi connectivity index (χ4n) is 10.1. The topological polar surface area (TPSA) is 180 Å². The van der Waals surface area contributed by atoms with Crippen molar-refractivity contribution in [3.63, 3.8) is 0 Å². The molecule has 57 heavy (non-hydrogen) atoms. The van der Waals surface area contributed by atoms with Crippen LogP contribution in [0.25, 0.3) is 0 Å². The number of hydrogen-bond donors (Lipinski definition) is 4.